The van der Waals surface area contributed by atoms with Crippen molar-refractivity contribution in [1.82, 2.24) is 5.32 Å². The highest BCUT2D eigenvalue weighted by Gasteiger charge is 2.22. The first kappa shape index (κ1) is 17.0. The van der Waals surface area contributed by atoms with Gasteiger partial charge in [0, 0.05) is 5.75 Å². The molecule has 6 nitrogen and oxygen atoms in total. The summed E-state index contributed by atoms with van der Waals surface area (Å²) in [6.45, 7) is 1.98. The van der Waals surface area contributed by atoms with E-state index in [0.717, 1.165) is 11.1 Å². The zero-order chi connectivity index (χ0) is 15.8. The van der Waals surface area contributed by atoms with Gasteiger partial charge in [-0.15, -0.1) is 11.8 Å². The summed E-state index contributed by atoms with van der Waals surface area (Å²) in [5, 5.41) is 19.6. The fraction of sp³-hybridized carbons (Fsp3) is 0.357. The van der Waals surface area contributed by atoms with Gasteiger partial charge in [0.05, 0.1) is 12.2 Å². The molecule has 0 heterocycles. The molecule has 1 unspecified atom stereocenters. The second-order valence-corrected chi connectivity index (χ2v) is 5.52. The number of carbonyl (C=O) groups is 3. The molecular weight excluding hydrogens is 294 g/mol. The number of nitrogens with one attached hydrogen (secondary N) is 1. The van der Waals surface area contributed by atoms with Crippen LogP contribution in [-0.2, 0) is 20.1 Å². The summed E-state index contributed by atoms with van der Waals surface area (Å²) in [6, 6.07) is 6.47. The topological polar surface area (TPSA) is 104 Å². The molecule has 0 radical (unpaired) electrons. The number of aliphatic carboxylic acids is 2. The largest absolute Gasteiger partial charge is 0.481 e. The predicted octanol–water partition coefficient (Wildman–Crippen LogP) is 1.27. The third-order valence-corrected chi connectivity index (χ3v) is 3.60. The number of carbonyl (C=O) groups excluding carboxylic acids is 1. The van der Waals surface area contributed by atoms with Crippen LogP contribution in [-0.4, -0.2) is 39.9 Å². The van der Waals surface area contributed by atoms with Crippen molar-refractivity contribution < 1.29 is 24.6 Å². The normalized spacial score (nSPS) is 11.7. The lowest BCUT2D eigenvalue weighted by molar-refractivity contribution is -0.147. The van der Waals surface area contributed by atoms with Gasteiger partial charge >= 0.3 is 11.9 Å². The highest BCUT2D eigenvalue weighted by Crippen LogP contribution is 2.13. The molecule has 1 atom stereocenters. The number of carboxylic acid groups (broad SMARTS) is 2. The smallest absolute Gasteiger partial charge is 0.326 e. The van der Waals surface area contributed by atoms with Crippen LogP contribution in [0.5, 0.6) is 0 Å². The average Bonchev–Trinajstić information content (AvgIpc) is 2.37. The molecule has 114 valence electrons. The maximum absolute atomic E-state index is 11.6. The number of thioether (sulfide) groups is 1. The number of hydrogen-bond acceptors (Lipinski definition) is 4. The van der Waals surface area contributed by atoms with Crippen molar-refractivity contribution in [1.29, 1.82) is 0 Å². The zero-order valence-corrected chi connectivity index (χ0v) is 12.4. The summed E-state index contributed by atoms with van der Waals surface area (Å²) in [4.78, 5) is 32.9. The quantitative estimate of drug-likeness (QED) is 0.668. The maximum Gasteiger partial charge on any atom is 0.326 e. The second kappa shape index (κ2) is 8.31. The number of amides is 1. The second-order valence-electron chi connectivity index (χ2n) is 4.54. The Balaban J connectivity index is 2.39. The fourth-order valence-corrected chi connectivity index (χ4v) is 2.46. The van der Waals surface area contributed by atoms with E-state index in [1.54, 1.807) is 0 Å². The van der Waals surface area contributed by atoms with Gasteiger partial charge in [-0.05, 0) is 12.5 Å². The summed E-state index contributed by atoms with van der Waals surface area (Å²) in [5.74, 6) is -2.39. The van der Waals surface area contributed by atoms with Gasteiger partial charge in [0.25, 0.3) is 0 Å². The van der Waals surface area contributed by atoms with Crippen LogP contribution in [0.25, 0.3) is 0 Å². The van der Waals surface area contributed by atoms with Crippen LogP contribution < -0.4 is 5.32 Å². The Bertz CT molecular complexity index is 532. The minimum atomic E-state index is -1.39. The van der Waals surface area contributed by atoms with Crippen LogP contribution >= 0.6 is 11.8 Å². The molecule has 0 aromatic heterocycles. The first-order valence-electron chi connectivity index (χ1n) is 6.25. The lowest BCUT2D eigenvalue weighted by atomic mass is 10.2. The Labute approximate surface area is 126 Å². The van der Waals surface area contributed by atoms with Crippen LogP contribution in [0.2, 0.25) is 0 Å². The van der Waals surface area contributed by atoms with Gasteiger partial charge in [-0.25, -0.2) is 4.79 Å². The number of rotatable bonds is 8. The Morgan fingerprint density at radius 1 is 1.29 bits per heavy atom. The van der Waals surface area contributed by atoms with Crippen LogP contribution in [0.1, 0.15) is 17.5 Å². The van der Waals surface area contributed by atoms with Crippen molar-refractivity contribution in [2.75, 3.05) is 5.75 Å². The monoisotopic (exact) mass is 311 g/mol. The van der Waals surface area contributed by atoms with E-state index >= 15 is 0 Å². The zero-order valence-electron chi connectivity index (χ0n) is 11.5. The molecule has 7 heteroatoms. The van der Waals surface area contributed by atoms with E-state index in [1.165, 1.54) is 11.8 Å². The van der Waals surface area contributed by atoms with Gasteiger partial charge in [0.15, 0.2) is 0 Å². The maximum atomic E-state index is 11.6. The minimum absolute atomic E-state index is 0.0807. The van der Waals surface area contributed by atoms with Gasteiger partial charge in [-0.2, -0.15) is 0 Å². The van der Waals surface area contributed by atoms with E-state index in [2.05, 4.69) is 5.32 Å². The first-order valence-corrected chi connectivity index (χ1v) is 7.41. The molecule has 0 saturated heterocycles. The molecule has 0 spiro atoms. The van der Waals surface area contributed by atoms with Gasteiger partial charge in [-0.3, -0.25) is 9.59 Å². The summed E-state index contributed by atoms with van der Waals surface area (Å²) in [5.41, 5.74) is 2.21. The first-order chi connectivity index (χ1) is 9.88. The van der Waals surface area contributed by atoms with Gasteiger partial charge in [-0.1, -0.05) is 29.8 Å². The third kappa shape index (κ3) is 6.80. The highest BCUT2D eigenvalue weighted by molar-refractivity contribution is 7.99. The Hall–Kier alpha value is -2.02. The van der Waals surface area contributed by atoms with Gasteiger partial charge in [0.2, 0.25) is 5.91 Å². The standard InChI is InChI=1S/C14H17NO5S/c1-9-3-2-4-10(5-9)7-21-8-12(16)15-11(14(19)20)6-13(17)18/h2-5,11H,6-8H2,1H3,(H,15,16)(H,17,18)(H,19,20). The molecule has 1 aromatic rings. The lowest BCUT2D eigenvalue weighted by Gasteiger charge is -2.12. The SMILES string of the molecule is Cc1cccc(CSCC(=O)NC(CC(=O)O)C(=O)O)c1. The Kier molecular flexibility index (Phi) is 6.74. The molecule has 3 N–H and O–H groups in total. The average molecular weight is 311 g/mol. The third-order valence-electron chi connectivity index (χ3n) is 2.60. The summed E-state index contributed by atoms with van der Waals surface area (Å²) in [6.07, 6.45) is -0.635. The Morgan fingerprint density at radius 3 is 2.57 bits per heavy atom. The molecule has 1 aromatic carbocycles. The molecule has 0 aliphatic heterocycles. The minimum Gasteiger partial charge on any atom is -0.481 e. The van der Waals surface area contributed by atoms with E-state index in [4.69, 9.17) is 10.2 Å². The molecule has 0 saturated carbocycles. The fourth-order valence-electron chi connectivity index (χ4n) is 1.67. The lowest BCUT2D eigenvalue weighted by Crippen LogP contribution is -2.43. The number of hydrogen-bond donors (Lipinski definition) is 3. The number of benzene rings is 1. The summed E-state index contributed by atoms with van der Waals surface area (Å²) < 4.78 is 0. The molecule has 0 aliphatic rings. The van der Waals surface area contributed by atoms with Crippen molar-refractivity contribution >= 4 is 29.6 Å². The Morgan fingerprint density at radius 2 is 2.00 bits per heavy atom. The van der Waals surface area contributed by atoms with Crippen molar-refractivity contribution in [2.45, 2.75) is 25.1 Å². The molecule has 21 heavy (non-hydrogen) atoms. The predicted molar refractivity (Wildman–Crippen MR) is 79.2 cm³/mol. The van der Waals surface area contributed by atoms with Gasteiger partial charge < -0.3 is 15.5 Å². The molecule has 1 amide bonds. The van der Waals surface area contributed by atoms with E-state index in [-0.39, 0.29) is 5.75 Å². The molecule has 0 aliphatic carbocycles. The highest BCUT2D eigenvalue weighted by atomic mass is 32.2. The molecule has 0 fully saturated rings. The van der Waals surface area contributed by atoms with Crippen LogP contribution in [0.3, 0.4) is 0 Å². The van der Waals surface area contributed by atoms with E-state index in [0.29, 0.717) is 5.75 Å². The van der Waals surface area contributed by atoms with Crippen molar-refractivity contribution in [2.24, 2.45) is 0 Å². The van der Waals surface area contributed by atoms with E-state index < -0.39 is 30.3 Å². The van der Waals surface area contributed by atoms with Crippen LogP contribution in [0.15, 0.2) is 24.3 Å². The number of carboxylic acids is 2. The van der Waals surface area contributed by atoms with Crippen molar-refractivity contribution in [3.05, 3.63) is 35.4 Å². The summed E-state index contributed by atoms with van der Waals surface area (Å²) in [7, 11) is 0. The molecular formula is C14H17NO5S. The van der Waals surface area contributed by atoms with Crippen LogP contribution in [0.4, 0.5) is 0 Å². The number of aryl methyl sites for hydroxylation is 1. The van der Waals surface area contributed by atoms with E-state index in [1.807, 2.05) is 31.2 Å². The van der Waals surface area contributed by atoms with E-state index in [9.17, 15) is 14.4 Å². The van der Waals surface area contributed by atoms with Crippen molar-refractivity contribution in [3.63, 3.8) is 0 Å². The summed E-state index contributed by atoms with van der Waals surface area (Å²) >= 11 is 1.34. The molecule has 0 bridgehead atoms. The van der Waals surface area contributed by atoms with Gasteiger partial charge in [0.1, 0.15) is 6.04 Å². The van der Waals surface area contributed by atoms with Crippen molar-refractivity contribution in [3.8, 4) is 0 Å². The molecule has 1 rings (SSSR count). The van der Waals surface area contributed by atoms with Crippen LogP contribution in [0, 0.1) is 6.92 Å².